The molecule has 1 aromatic heterocycles. The van der Waals surface area contributed by atoms with Crippen LogP contribution in [-0.4, -0.2) is 16.9 Å². The van der Waals surface area contributed by atoms with Gasteiger partial charge in [-0.25, -0.2) is 0 Å². The third kappa shape index (κ3) is 4.20. The third-order valence-electron chi connectivity index (χ3n) is 4.99. The quantitative estimate of drug-likeness (QED) is 0.843. The topological polar surface area (TPSA) is 68.0 Å². The van der Waals surface area contributed by atoms with Crippen molar-refractivity contribution in [3.63, 3.8) is 0 Å². The maximum Gasteiger partial charge on any atom is 0.241 e. The average molecular weight is 358 g/mol. The summed E-state index contributed by atoms with van der Waals surface area (Å²) in [6, 6.07) is 8.99. The fourth-order valence-electron chi connectivity index (χ4n) is 3.54. The Morgan fingerprint density at radius 3 is 2.52 bits per heavy atom. The highest BCUT2D eigenvalue weighted by Gasteiger charge is 2.26. The predicted molar refractivity (Wildman–Crippen MR) is 103 cm³/mol. The molecule has 3 N–H and O–H groups in total. The second-order valence-electron chi connectivity index (χ2n) is 6.74. The summed E-state index contributed by atoms with van der Waals surface area (Å²) in [6.07, 6.45) is 7.39. The van der Waals surface area contributed by atoms with Crippen LogP contribution in [0.1, 0.15) is 37.8 Å². The lowest BCUT2D eigenvalue weighted by Crippen LogP contribution is -2.42. The minimum Gasteiger partial charge on any atom is -0.325 e. The minimum atomic E-state index is -0.435. The van der Waals surface area contributed by atoms with Gasteiger partial charge in [-0.2, -0.15) is 0 Å². The van der Waals surface area contributed by atoms with Crippen molar-refractivity contribution in [1.82, 2.24) is 4.98 Å². The molecule has 1 heterocycles. The van der Waals surface area contributed by atoms with Crippen LogP contribution < -0.4 is 11.1 Å². The zero-order valence-electron chi connectivity index (χ0n) is 14.5. The van der Waals surface area contributed by atoms with E-state index in [1.54, 1.807) is 12.3 Å². The first kappa shape index (κ1) is 17.9. The van der Waals surface area contributed by atoms with Crippen molar-refractivity contribution in [2.45, 2.75) is 45.1 Å². The van der Waals surface area contributed by atoms with E-state index in [-0.39, 0.29) is 5.91 Å². The van der Waals surface area contributed by atoms with E-state index >= 15 is 0 Å². The van der Waals surface area contributed by atoms with E-state index in [0.29, 0.717) is 10.9 Å². The van der Waals surface area contributed by atoms with E-state index in [1.165, 1.54) is 19.3 Å². The summed E-state index contributed by atoms with van der Waals surface area (Å²) < 4.78 is 0. The van der Waals surface area contributed by atoms with Crippen LogP contribution in [0.5, 0.6) is 0 Å². The van der Waals surface area contributed by atoms with Crippen molar-refractivity contribution < 1.29 is 4.79 Å². The molecule has 1 amide bonds. The van der Waals surface area contributed by atoms with Crippen LogP contribution in [0, 0.1) is 12.8 Å². The van der Waals surface area contributed by atoms with Crippen molar-refractivity contribution >= 4 is 23.2 Å². The van der Waals surface area contributed by atoms with Gasteiger partial charge < -0.3 is 11.1 Å². The number of carbonyl (C=O) groups is 1. The van der Waals surface area contributed by atoms with Gasteiger partial charge in [0, 0.05) is 23.1 Å². The molecule has 0 spiro atoms. The second kappa shape index (κ2) is 7.98. The summed E-state index contributed by atoms with van der Waals surface area (Å²) in [7, 11) is 0. The lowest BCUT2D eigenvalue weighted by atomic mass is 9.84. The predicted octanol–water partition coefficient (Wildman–Crippen LogP) is 4.56. The maximum atomic E-state index is 12.4. The van der Waals surface area contributed by atoms with E-state index < -0.39 is 6.04 Å². The zero-order chi connectivity index (χ0) is 17.8. The Bertz CT molecular complexity index is 719. The fourth-order valence-corrected chi connectivity index (χ4v) is 3.84. The first-order valence-electron chi connectivity index (χ1n) is 8.84. The van der Waals surface area contributed by atoms with E-state index in [9.17, 15) is 4.79 Å². The highest BCUT2D eigenvalue weighted by molar-refractivity contribution is 6.33. The van der Waals surface area contributed by atoms with Gasteiger partial charge in [0.2, 0.25) is 5.91 Å². The van der Waals surface area contributed by atoms with Crippen LogP contribution in [0.15, 0.2) is 36.5 Å². The molecule has 3 rings (SSSR count). The molecule has 0 radical (unpaired) electrons. The van der Waals surface area contributed by atoms with Gasteiger partial charge in [-0.05, 0) is 49.4 Å². The summed E-state index contributed by atoms with van der Waals surface area (Å²) in [5.41, 5.74) is 9.68. The van der Waals surface area contributed by atoms with Crippen LogP contribution in [0.2, 0.25) is 5.02 Å². The van der Waals surface area contributed by atoms with Gasteiger partial charge in [0.25, 0.3) is 0 Å². The highest BCUT2D eigenvalue weighted by atomic mass is 35.5. The molecule has 1 aromatic carbocycles. The zero-order valence-corrected chi connectivity index (χ0v) is 15.2. The standard InChI is InChI=1S/C20H24ClN3O/c1-13-18(17(21)11-12-23-13)14-7-9-16(10-8-14)24-20(25)19(22)15-5-3-2-4-6-15/h7-12,15,19H,2-6,22H2,1H3,(H,24,25). The molecule has 5 heteroatoms. The number of amides is 1. The molecule has 1 aliphatic carbocycles. The largest absolute Gasteiger partial charge is 0.325 e. The number of carbonyl (C=O) groups excluding carboxylic acids is 1. The van der Waals surface area contributed by atoms with Crippen LogP contribution in [0.3, 0.4) is 0 Å². The molecule has 1 saturated carbocycles. The molecular formula is C20H24ClN3O. The minimum absolute atomic E-state index is 0.102. The molecule has 0 saturated heterocycles. The number of halogens is 1. The molecule has 4 nitrogen and oxygen atoms in total. The van der Waals surface area contributed by atoms with Crippen molar-refractivity contribution in [2.75, 3.05) is 5.32 Å². The summed E-state index contributed by atoms with van der Waals surface area (Å²) in [4.78, 5) is 16.7. The molecular weight excluding hydrogens is 334 g/mol. The molecule has 1 aliphatic rings. The van der Waals surface area contributed by atoms with Crippen molar-refractivity contribution in [3.05, 3.63) is 47.2 Å². The molecule has 2 aromatic rings. The SMILES string of the molecule is Cc1nccc(Cl)c1-c1ccc(NC(=O)C(N)C2CCCCC2)cc1. The van der Waals surface area contributed by atoms with Crippen molar-refractivity contribution in [1.29, 1.82) is 0 Å². The molecule has 25 heavy (non-hydrogen) atoms. The number of rotatable bonds is 4. The number of anilines is 1. The van der Waals surface area contributed by atoms with Crippen molar-refractivity contribution in [2.24, 2.45) is 11.7 Å². The Kier molecular flexibility index (Phi) is 5.71. The normalized spacial score (nSPS) is 16.4. The van der Waals surface area contributed by atoms with E-state index in [4.69, 9.17) is 17.3 Å². The number of aromatic nitrogens is 1. The van der Waals surface area contributed by atoms with E-state index in [1.807, 2.05) is 31.2 Å². The van der Waals surface area contributed by atoms with E-state index in [0.717, 1.165) is 35.3 Å². The number of nitrogens with one attached hydrogen (secondary N) is 1. The van der Waals surface area contributed by atoms with Crippen LogP contribution in [0.4, 0.5) is 5.69 Å². The van der Waals surface area contributed by atoms with Crippen LogP contribution in [-0.2, 0) is 4.79 Å². The molecule has 1 fully saturated rings. The average Bonchev–Trinajstić information content (AvgIpc) is 2.63. The van der Waals surface area contributed by atoms with Gasteiger partial charge in [-0.3, -0.25) is 9.78 Å². The lowest BCUT2D eigenvalue weighted by Gasteiger charge is -2.26. The summed E-state index contributed by atoms with van der Waals surface area (Å²) in [6.45, 7) is 1.93. The number of benzene rings is 1. The Hall–Kier alpha value is -1.91. The van der Waals surface area contributed by atoms with Gasteiger partial charge in [-0.15, -0.1) is 0 Å². The molecule has 1 atom stereocenters. The molecule has 1 unspecified atom stereocenters. The lowest BCUT2D eigenvalue weighted by molar-refractivity contribution is -0.118. The van der Waals surface area contributed by atoms with E-state index in [2.05, 4.69) is 10.3 Å². The Morgan fingerprint density at radius 2 is 1.88 bits per heavy atom. The fraction of sp³-hybridized carbons (Fsp3) is 0.400. The summed E-state index contributed by atoms with van der Waals surface area (Å²) >= 11 is 6.29. The van der Waals surface area contributed by atoms with Gasteiger partial charge in [0.05, 0.1) is 11.1 Å². The maximum absolute atomic E-state index is 12.4. The number of hydrogen-bond acceptors (Lipinski definition) is 3. The van der Waals surface area contributed by atoms with Crippen molar-refractivity contribution in [3.8, 4) is 11.1 Å². The number of hydrogen-bond donors (Lipinski definition) is 2. The monoisotopic (exact) mass is 357 g/mol. The highest BCUT2D eigenvalue weighted by Crippen LogP contribution is 2.31. The second-order valence-corrected chi connectivity index (χ2v) is 7.15. The van der Waals surface area contributed by atoms with Gasteiger partial charge >= 0.3 is 0 Å². The Morgan fingerprint density at radius 1 is 1.20 bits per heavy atom. The number of nitrogens with zero attached hydrogens (tertiary/aromatic N) is 1. The van der Waals surface area contributed by atoms with Crippen LogP contribution >= 0.6 is 11.6 Å². The summed E-state index contributed by atoms with van der Waals surface area (Å²) in [5, 5.41) is 3.60. The number of pyridine rings is 1. The van der Waals surface area contributed by atoms with Gasteiger partial charge in [-0.1, -0.05) is 43.0 Å². The Labute approximate surface area is 153 Å². The third-order valence-corrected chi connectivity index (χ3v) is 5.31. The first-order valence-corrected chi connectivity index (χ1v) is 9.22. The van der Waals surface area contributed by atoms with Gasteiger partial charge in [0.15, 0.2) is 0 Å². The molecule has 0 bridgehead atoms. The number of nitrogens with two attached hydrogens (primary N) is 1. The first-order chi connectivity index (χ1) is 12.1. The van der Waals surface area contributed by atoms with Gasteiger partial charge in [0.1, 0.15) is 0 Å². The smallest absolute Gasteiger partial charge is 0.241 e. The molecule has 0 aliphatic heterocycles. The molecule has 132 valence electrons. The van der Waals surface area contributed by atoms with Crippen LogP contribution in [0.25, 0.3) is 11.1 Å². The number of aryl methyl sites for hydroxylation is 1. The summed E-state index contributed by atoms with van der Waals surface area (Å²) in [5.74, 6) is 0.195. The Balaban J connectivity index is 1.69.